The second-order valence-corrected chi connectivity index (χ2v) is 8.27. The molecular weight excluding hydrogens is 437 g/mol. The average molecular weight is 460 g/mol. The van der Waals surface area contributed by atoms with Crippen LogP contribution in [0, 0.1) is 0 Å². The van der Waals surface area contributed by atoms with Crippen molar-refractivity contribution in [1.82, 2.24) is 0 Å². The molecule has 174 valence electrons. The molecule has 0 saturated heterocycles. The Morgan fingerprint density at radius 3 is 2.30 bits per heavy atom. The van der Waals surface area contributed by atoms with Gasteiger partial charge in [-0.25, -0.2) is 0 Å². The molecule has 6 nitrogen and oxygen atoms in total. The minimum absolute atomic E-state index is 0.0476. The van der Waals surface area contributed by atoms with E-state index in [2.05, 4.69) is 10.6 Å². The van der Waals surface area contributed by atoms with Gasteiger partial charge in [0, 0.05) is 5.69 Å². The molecule has 2 aromatic carbocycles. The fourth-order valence-electron chi connectivity index (χ4n) is 3.11. The molecule has 33 heavy (non-hydrogen) atoms. The molecule has 1 aromatic heterocycles. The van der Waals surface area contributed by atoms with E-state index in [1.807, 2.05) is 32.9 Å². The standard InChI is InChI=1S/C24H23F3N2O4/c1-23(2,3)16-7-4-5-8-19(16)33-14-21(30)29-18-11-10-15(13-17(18)24(25,26)27)28-22(31)20-9-6-12-32-20/h4-13H,14H2,1-3H3,(H,28,31)(H,29,30). The van der Waals surface area contributed by atoms with Gasteiger partial charge in [-0.2, -0.15) is 13.2 Å². The Kier molecular flexibility index (Phi) is 6.81. The van der Waals surface area contributed by atoms with E-state index >= 15 is 0 Å². The van der Waals surface area contributed by atoms with Gasteiger partial charge in [-0.3, -0.25) is 9.59 Å². The fourth-order valence-corrected chi connectivity index (χ4v) is 3.11. The maximum atomic E-state index is 13.6. The van der Waals surface area contributed by atoms with Crippen LogP contribution in [0.3, 0.4) is 0 Å². The Bertz CT molecular complexity index is 1130. The molecule has 0 radical (unpaired) electrons. The van der Waals surface area contributed by atoms with Crippen molar-refractivity contribution in [2.24, 2.45) is 0 Å². The zero-order chi connectivity index (χ0) is 24.2. The zero-order valence-electron chi connectivity index (χ0n) is 18.2. The number of carbonyl (C=O) groups excluding carboxylic acids is 2. The molecule has 2 amide bonds. The third-order valence-electron chi connectivity index (χ3n) is 4.66. The van der Waals surface area contributed by atoms with Gasteiger partial charge in [-0.1, -0.05) is 39.0 Å². The highest BCUT2D eigenvalue weighted by atomic mass is 19.4. The van der Waals surface area contributed by atoms with Crippen LogP contribution in [0.1, 0.15) is 42.5 Å². The average Bonchev–Trinajstić information content (AvgIpc) is 3.27. The van der Waals surface area contributed by atoms with E-state index in [-0.39, 0.29) is 16.9 Å². The van der Waals surface area contributed by atoms with Gasteiger partial charge in [0.05, 0.1) is 17.5 Å². The van der Waals surface area contributed by atoms with Gasteiger partial charge in [0.15, 0.2) is 12.4 Å². The van der Waals surface area contributed by atoms with E-state index in [1.165, 1.54) is 24.5 Å². The van der Waals surface area contributed by atoms with Crippen molar-refractivity contribution in [3.63, 3.8) is 0 Å². The molecule has 0 aliphatic heterocycles. The summed E-state index contributed by atoms with van der Waals surface area (Å²) in [6.45, 7) is 5.48. The van der Waals surface area contributed by atoms with E-state index < -0.39 is 35.8 Å². The second kappa shape index (κ2) is 9.40. The number of para-hydroxylation sites is 1. The Labute approximate surface area is 188 Å². The highest BCUT2D eigenvalue weighted by molar-refractivity contribution is 6.02. The second-order valence-electron chi connectivity index (χ2n) is 8.27. The van der Waals surface area contributed by atoms with Gasteiger partial charge in [0.2, 0.25) is 0 Å². The lowest BCUT2D eigenvalue weighted by Gasteiger charge is -2.22. The number of halogens is 3. The molecule has 0 atom stereocenters. The number of carbonyl (C=O) groups is 2. The van der Waals surface area contributed by atoms with Crippen LogP contribution in [0.15, 0.2) is 65.3 Å². The Morgan fingerprint density at radius 1 is 0.939 bits per heavy atom. The van der Waals surface area contributed by atoms with Crippen LogP contribution < -0.4 is 15.4 Å². The molecule has 3 aromatic rings. The van der Waals surface area contributed by atoms with E-state index in [0.29, 0.717) is 5.75 Å². The van der Waals surface area contributed by atoms with Crippen molar-refractivity contribution < 1.29 is 31.9 Å². The molecule has 9 heteroatoms. The molecule has 1 heterocycles. The fraction of sp³-hybridized carbons (Fsp3) is 0.250. The molecule has 0 fully saturated rings. The van der Waals surface area contributed by atoms with Crippen molar-refractivity contribution in [1.29, 1.82) is 0 Å². The van der Waals surface area contributed by atoms with Crippen molar-refractivity contribution in [2.75, 3.05) is 17.2 Å². The Balaban J connectivity index is 1.73. The lowest BCUT2D eigenvalue weighted by Crippen LogP contribution is -2.23. The molecule has 0 spiro atoms. The smallest absolute Gasteiger partial charge is 0.418 e. The lowest BCUT2D eigenvalue weighted by molar-refractivity contribution is -0.137. The van der Waals surface area contributed by atoms with Gasteiger partial charge in [-0.05, 0) is 47.4 Å². The number of amides is 2. The molecule has 0 saturated carbocycles. The SMILES string of the molecule is CC(C)(C)c1ccccc1OCC(=O)Nc1ccc(NC(=O)c2ccco2)cc1C(F)(F)F. The number of ether oxygens (including phenoxy) is 1. The number of hydrogen-bond donors (Lipinski definition) is 2. The van der Waals surface area contributed by atoms with E-state index in [0.717, 1.165) is 17.7 Å². The van der Waals surface area contributed by atoms with Gasteiger partial charge >= 0.3 is 6.18 Å². The summed E-state index contributed by atoms with van der Waals surface area (Å²) in [5.41, 5.74) is -1.03. The van der Waals surface area contributed by atoms with Crippen LogP contribution in [0.4, 0.5) is 24.5 Å². The summed E-state index contributed by atoms with van der Waals surface area (Å²) in [6, 6.07) is 13.1. The first kappa shape index (κ1) is 23.9. The van der Waals surface area contributed by atoms with Gasteiger partial charge in [0.25, 0.3) is 11.8 Å². The molecule has 0 aliphatic rings. The van der Waals surface area contributed by atoms with E-state index in [1.54, 1.807) is 12.1 Å². The summed E-state index contributed by atoms with van der Waals surface area (Å²) in [5, 5.41) is 4.57. The minimum Gasteiger partial charge on any atom is -0.483 e. The summed E-state index contributed by atoms with van der Waals surface area (Å²) in [5.74, 6) is -1.02. The third-order valence-corrected chi connectivity index (χ3v) is 4.66. The molecule has 0 unspecified atom stereocenters. The number of hydrogen-bond acceptors (Lipinski definition) is 4. The van der Waals surface area contributed by atoms with Crippen LogP contribution in [0.5, 0.6) is 5.75 Å². The maximum absolute atomic E-state index is 13.6. The molecule has 0 aliphatic carbocycles. The van der Waals surface area contributed by atoms with Gasteiger partial charge < -0.3 is 19.8 Å². The quantitative estimate of drug-likeness (QED) is 0.482. The molecule has 2 N–H and O–H groups in total. The first-order valence-electron chi connectivity index (χ1n) is 10.0. The number of benzene rings is 2. The van der Waals surface area contributed by atoms with Crippen LogP contribution >= 0.6 is 0 Å². The zero-order valence-corrected chi connectivity index (χ0v) is 18.2. The van der Waals surface area contributed by atoms with E-state index in [9.17, 15) is 22.8 Å². The van der Waals surface area contributed by atoms with E-state index in [4.69, 9.17) is 9.15 Å². The largest absolute Gasteiger partial charge is 0.483 e. The lowest BCUT2D eigenvalue weighted by atomic mass is 9.86. The predicted molar refractivity (Wildman–Crippen MR) is 117 cm³/mol. The monoisotopic (exact) mass is 460 g/mol. The van der Waals surface area contributed by atoms with Crippen LogP contribution in [-0.4, -0.2) is 18.4 Å². The summed E-state index contributed by atoms with van der Waals surface area (Å²) < 4.78 is 51.3. The summed E-state index contributed by atoms with van der Waals surface area (Å²) in [7, 11) is 0. The van der Waals surface area contributed by atoms with Crippen molar-refractivity contribution in [2.45, 2.75) is 32.4 Å². The van der Waals surface area contributed by atoms with Crippen molar-refractivity contribution >= 4 is 23.2 Å². The number of rotatable bonds is 6. The van der Waals surface area contributed by atoms with Crippen molar-refractivity contribution in [3.8, 4) is 5.75 Å². The normalized spacial score (nSPS) is 11.7. The number of furan rings is 1. The molecule has 3 rings (SSSR count). The predicted octanol–water partition coefficient (Wildman–Crippen LogP) is 5.87. The number of nitrogens with one attached hydrogen (secondary N) is 2. The van der Waals surface area contributed by atoms with Crippen LogP contribution in [0.2, 0.25) is 0 Å². The minimum atomic E-state index is -4.77. The van der Waals surface area contributed by atoms with Gasteiger partial charge in [-0.15, -0.1) is 0 Å². The van der Waals surface area contributed by atoms with Crippen LogP contribution in [-0.2, 0) is 16.4 Å². The first-order chi connectivity index (χ1) is 15.4. The maximum Gasteiger partial charge on any atom is 0.418 e. The topological polar surface area (TPSA) is 80.6 Å². The van der Waals surface area contributed by atoms with Gasteiger partial charge in [0.1, 0.15) is 5.75 Å². The summed E-state index contributed by atoms with van der Waals surface area (Å²) in [4.78, 5) is 24.4. The Hall–Kier alpha value is -3.75. The highest BCUT2D eigenvalue weighted by Gasteiger charge is 2.34. The highest BCUT2D eigenvalue weighted by Crippen LogP contribution is 2.37. The number of anilines is 2. The molecule has 0 bridgehead atoms. The first-order valence-corrected chi connectivity index (χ1v) is 10.0. The summed E-state index contributed by atoms with van der Waals surface area (Å²) in [6.07, 6.45) is -3.50. The Morgan fingerprint density at radius 2 is 1.67 bits per heavy atom. The third kappa shape index (κ3) is 6.15. The van der Waals surface area contributed by atoms with Crippen LogP contribution in [0.25, 0.3) is 0 Å². The number of alkyl halides is 3. The van der Waals surface area contributed by atoms with Crippen molar-refractivity contribution in [3.05, 3.63) is 77.7 Å². The molecular formula is C24H23F3N2O4. The summed E-state index contributed by atoms with van der Waals surface area (Å²) >= 11 is 0.